The second-order valence-corrected chi connectivity index (χ2v) is 7.91. The lowest BCUT2D eigenvalue weighted by Crippen LogP contribution is -2.22. The Kier molecular flexibility index (Phi) is 9.80. The molecule has 0 aromatic heterocycles. The summed E-state index contributed by atoms with van der Waals surface area (Å²) in [6.07, 6.45) is -5.15. The van der Waals surface area contributed by atoms with Crippen molar-refractivity contribution in [3.8, 4) is 0 Å². The first kappa shape index (κ1) is 27.4. The number of benzene rings is 2. The zero-order valence-corrected chi connectivity index (χ0v) is 19.1. The molecule has 2 aromatic carbocycles. The third kappa shape index (κ3) is 9.86. The molecule has 188 valence electrons. The Morgan fingerprint density at radius 1 is 0.857 bits per heavy atom. The normalized spacial score (nSPS) is 11.0. The summed E-state index contributed by atoms with van der Waals surface area (Å²) in [7, 11) is 0. The van der Waals surface area contributed by atoms with Gasteiger partial charge in [0.1, 0.15) is 0 Å². The van der Waals surface area contributed by atoms with E-state index in [0.717, 1.165) is 18.2 Å². The fraction of sp³-hybridized carbons (Fsp3) is 0.333. The van der Waals surface area contributed by atoms with Gasteiger partial charge in [-0.1, -0.05) is 26.0 Å². The summed E-state index contributed by atoms with van der Waals surface area (Å²) in [6, 6.07) is 10.1. The van der Waals surface area contributed by atoms with Crippen LogP contribution < -0.4 is 10.6 Å². The number of carbonyl (C=O) groups is 4. The van der Waals surface area contributed by atoms with E-state index >= 15 is 0 Å². The van der Waals surface area contributed by atoms with Crippen LogP contribution in [0.4, 0.5) is 24.5 Å². The van der Waals surface area contributed by atoms with Crippen LogP contribution in [0.25, 0.3) is 0 Å². The molecule has 2 aromatic rings. The van der Waals surface area contributed by atoms with Gasteiger partial charge in [0.05, 0.1) is 24.2 Å². The number of amides is 2. The lowest BCUT2D eigenvalue weighted by Gasteiger charge is -2.10. The van der Waals surface area contributed by atoms with E-state index in [1.54, 1.807) is 18.2 Å². The van der Waals surface area contributed by atoms with Crippen LogP contribution in [0.1, 0.15) is 42.6 Å². The van der Waals surface area contributed by atoms with Crippen molar-refractivity contribution >= 4 is 35.1 Å². The van der Waals surface area contributed by atoms with E-state index in [1.807, 2.05) is 13.8 Å². The Bertz CT molecular complexity index is 1070. The molecule has 0 saturated carbocycles. The van der Waals surface area contributed by atoms with Gasteiger partial charge in [-0.05, 0) is 42.3 Å². The van der Waals surface area contributed by atoms with E-state index in [0.29, 0.717) is 5.69 Å². The van der Waals surface area contributed by atoms with E-state index in [9.17, 15) is 32.3 Å². The molecule has 0 atom stereocenters. The molecule has 0 saturated heterocycles. The minimum atomic E-state index is -4.56. The Morgan fingerprint density at radius 2 is 1.49 bits per heavy atom. The summed E-state index contributed by atoms with van der Waals surface area (Å²) in [5.74, 6) is -2.55. The molecule has 0 unspecified atom stereocenters. The molecule has 0 radical (unpaired) electrons. The lowest BCUT2D eigenvalue weighted by atomic mass is 10.2. The molecule has 2 N–H and O–H groups in total. The standard InChI is InChI=1S/C24H25F3N2O6/c1-15(2)13-35-23(33)16-5-3-7-18(11-16)28-20(30)9-10-22(32)34-14-21(31)29-19-8-4-6-17(12-19)24(25,26)27/h3-8,11-12,15H,9-10,13-14H2,1-2H3,(H,28,30)(H,29,31). The van der Waals surface area contributed by atoms with Crippen molar-refractivity contribution in [2.45, 2.75) is 32.9 Å². The summed E-state index contributed by atoms with van der Waals surface area (Å²) in [6.45, 7) is 3.34. The number of hydrogen-bond acceptors (Lipinski definition) is 6. The zero-order chi connectivity index (χ0) is 26.0. The third-order valence-electron chi connectivity index (χ3n) is 4.32. The molecule has 0 fully saturated rings. The summed E-state index contributed by atoms with van der Waals surface area (Å²) in [5, 5.41) is 4.75. The molecule has 11 heteroatoms. The van der Waals surface area contributed by atoms with Gasteiger partial charge in [0.2, 0.25) is 5.91 Å². The number of halogens is 3. The second kappa shape index (κ2) is 12.5. The highest BCUT2D eigenvalue weighted by molar-refractivity contribution is 5.96. The molecular formula is C24H25F3N2O6. The van der Waals surface area contributed by atoms with Crippen molar-refractivity contribution in [2.75, 3.05) is 23.8 Å². The van der Waals surface area contributed by atoms with Gasteiger partial charge >= 0.3 is 18.1 Å². The highest BCUT2D eigenvalue weighted by atomic mass is 19.4. The van der Waals surface area contributed by atoms with Crippen LogP contribution in [0.15, 0.2) is 48.5 Å². The minimum absolute atomic E-state index is 0.101. The van der Waals surface area contributed by atoms with Gasteiger partial charge in [-0.2, -0.15) is 13.2 Å². The number of carbonyl (C=O) groups excluding carboxylic acids is 4. The van der Waals surface area contributed by atoms with Gasteiger partial charge in [0, 0.05) is 17.8 Å². The lowest BCUT2D eigenvalue weighted by molar-refractivity contribution is -0.147. The molecule has 0 heterocycles. The van der Waals surface area contributed by atoms with Crippen LogP contribution in [-0.2, 0) is 30.0 Å². The molecule has 8 nitrogen and oxygen atoms in total. The predicted molar refractivity (Wildman–Crippen MR) is 120 cm³/mol. The van der Waals surface area contributed by atoms with Crippen molar-refractivity contribution in [1.82, 2.24) is 0 Å². The first-order valence-electron chi connectivity index (χ1n) is 10.6. The second-order valence-electron chi connectivity index (χ2n) is 7.91. The fourth-order valence-corrected chi connectivity index (χ4v) is 2.68. The molecular weight excluding hydrogens is 469 g/mol. The fourth-order valence-electron chi connectivity index (χ4n) is 2.68. The number of nitrogens with one attached hydrogen (secondary N) is 2. The van der Waals surface area contributed by atoms with Gasteiger partial charge in [-0.15, -0.1) is 0 Å². The van der Waals surface area contributed by atoms with E-state index in [1.165, 1.54) is 12.1 Å². The van der Waals surface area contributed by atoms with Crippen molar-refractivity contribution in [3.05, 3.63) is 59.7 Å². The van der Waals surface area contributed by atoms with Gasteiger partial charge in [0.15, 0.2) is 6.61 Å². The van der Waals surface area contributed by atoms with Gasteiger partial charge in [-0.3, -0.25) is 14.4 Å². The Balaban J connectivity index is 1.75. The quantitative estimate of drug-likeness (QED) is 0.473. The number of rotatable bonds is 10. The molecule has 0 aliphatic heterocycles. The summed E-state index contributed by atoms with van der Waals surface area (Å²) >= 11 is 0. The van der Waals surface area contributed by atoms with Crippen LogP contribution in [0.2, 0.25) is 0 Å². The monoisotopic (exact) mass is 494 g/mol. The summed E-state index contributed by atoms with van der Waals surface area (Å²) in [5.41, 5.74) is -0.440. The topological polar surface area (TPSA) is 111 Å². The molecule has 2 amide bonds. The maximum absolute atomic E-state index is 12.7. The average molecular weight is 494 g/mol. The van der Waals surface area contributed by atoms with Gasteiger partial charge in [0.25, 0.3) is 5.91 Å². The van der Waals surface area contributed by atoms with Gasteiger partial charge < -0.3 is 20.1 Å². The van der Waals surface area contributed by atoms with Gasteiger partial charge in [-0.25, -0.2) is 4.79 Å². The van der Waals surface area contributed by atoms with Crippen molar-refractivity contribution < 1.29 is 41.8 Å². The van der Waals surface area contributed by atoms with Crippen molar-refractivity contribution in [2.24, 2.45) is 5.92 Å². The number of alkyl halides is 3. The van der Waals surface area contributed by atoms with Crippen molar-refractivity contribution in [3.63, 3.8) is 0 Å². The van der Waals surface area contributed by atoms with Crippen LogP contribution in [0.3, 0.4) is 0 Å². The number of anilines is 2. The highest BCUT2D eigenvalue weighted by Crippen LogP contribution is 2.30. The molecule has 0 aliphatic rings. The third-order valence-corrected chi connectivity index (χ3v) is 4.32. The molecule has 0 aliphatic carbocycles. The van der Waals surface area contributed by atoms with Crippen LogP contribution in [-0.4, -0.2) is 37.0 Å². The average Bonchev–Trinajstić information content (AvgIpc) is 2.79. The molecule has 0 spiro atoms. The van der Waals surface area contributed by atoms with Crippen LogP contribution in [0, 0.1) is 5.92 Å². The maximum Gasteiger partial charge on any atom is 0.416 e. The Hall–Kier alpha value is -3.89. The first-order chi connectivity index (χ1) is 16.4. The summed E-state index contributed by atoms with van der Waals surface area (Å²) < 4.78 is 48.1. The molecule has 0 bridgehead atoms. The summed E-state index contributed by atoms with van der Waals surface area (Å²) in [4.78, 5) is 47.8. The molecule has 2 rings (SSSR count). The number of hydrogen-bond donors (Lipinski definition) is 2. The van der Waals surface area contributed by atoms with Crippen LogP contribution >= 0.6 is 0 Å². The van der Waals surface area contributed by atoms with E-state index in [4.69, 9.17) is 9.47 Å². The minimum Gasteiger partial charge on any atom is -0.462 e. The smallest absolute Gasteiger partial charge is 0.416 e. The van der Waals surface area contributed by atoms with E-state index in [2.05, 4.69) is 10.6 Å². The first-order valence-corrected chi connectivity index (χ1v) is 10.6. The highest BCUT2D eigenvalue weighted by Gasteiger charge is 2.30. The van der Waals surface area contributed by atoms with E-state index < -0.39 is 42.1 Å². The van der Waals surface area contributed by atoms with Crippen LogP contribution in [0.5, 0.6) is 0 Å². The number of esters is 2. The zero-order valence-electron chi connectivity index (χ0n) is 19.1. The Morgan fingerprint density at radius 3 is 2.14 bits per heavy atom. The SMILES string of the molecule is CC(C)COC(=O)c1cccc(NC(=O)CCC(=O)OCC(=O)Nc2cccc(C(F)(F)F)c2)c1. The van der Waals surface area contributed by atoms with Crippen molar-refractivity contribution in [1.29, 1.82) is 0 Å². The van der Waals surface area contributed by atoms with E-state index in [-0.39, 0.29) is 36.6 Å². The molecule has 35 heavy (non-hydrogen) atoms. The largest absolute Gasteiger partial charge is 0.462 e. The maximum atomic E-state index is 12.7. The predicted octanol–water partition coefficient (Wildman–Crippen LogP) is 4.42. The Labute approximate surface area is 199 Å². The number of ether oxygens (including phenoxy) is 2.